The summed E-state index contributed by atoms with van der Waals surface area (Å²) in [5, 5.41) is 3.56. The van der Waals surface area contributed by atoms with Crippen molar-refractivity contribution in [1.29, 1.82) is 0 Å². The SMILES string of the molecule is c1ccc(-c2cc3ccccc3nc2-c2ccc(N(c3ccc4c(c3)C3(c5ccccc5-c5ccccc53)c3ccccc3-4)c3ccc4ccccc4c3)cc2)cc1. The topological polar surface area (TPSA) is 16.1 Å². The highest BCUT2D eigenvalue weighted by Crippen LogP contribution is 2.63. The molecule has 58 heavy (non-hydrogen) atoms. The molecule has 10 aromatic rings. The molecular formula is C56H36N2. The van der Waals surface area contributed by atoms with E-state index in [0.717, 1.165) is 50.3 Å². The summed E-state index contributed by atoms with van der Waals surface area (Å²) in [5.41, 5.74) is 18.8. The lowest BCUT2D eigenvalue weighted by atomic mass is 9.70. The molecule has 0 radical (unpaired) electrons. The van der Waals surface area contributed by atoms with Gasteiger partial charge in [-0.05, 0) is 109 Å². The number of hydrogen-bond donors (Lipinski definition) is 0. The molecular weight excluding hydrogens is 701 g/mol. The van der Waals surface area contributed by atoms with Gasteiger partial charge in [0.2, 0.25) is 0 Å². The van der Waals surface area contributed by atoms with E-state index < -0.39 is 5.41 Å². The lowest BCUT2D eigenvalue weighted by molar-refractivity contribution is 0.793. The van der Waals surface area contributed by atoms with Gasteiger partial charge in [-0.1, -0.05) is 170 Å². The Morgan fingerprint density at radius 1 is 0.310 bits per heavy atom. The Labute approximate surface area is 338 Å². The number of aromatic nitrogens is 1. The molecule has 0 N–H and O–H groups in total. The van der Waals surface area contributed by atoms with Gasteiger partial charge in [-0.15, -0.1) is 0 Å². The molecule has 0 atom stereocenters. The number of rotatable bonds is 5. The van der Waals surface area contributed by atoms with Crippen LogP contribution in [0.25, 0.3) is 66.3 Å². The largest absolute Gasteiger partial charge is 0.310 e. The molecule has 2 nitrogen and oxygen atoms in total. The maximum atomic E-state index is 5.27. The summed E-state index contributed by atoms with van der Waals surface area (Å²) in [6.07, 6.45) is 0. The van der Waals surface area contributed by atoms with Crippen molar-refractivity contribution in [2.75, 3.05) is 4.90 Å². The van der Waals surface area contributed by atoms with E-state index in [1.54, 1.807) is 0 Å². The van der Waals surface area contributed by atoms with Crippen LogP contribution in [0.3, 0.4) is 0 Å². The quantitative estimate of drug-likeness (QED) is 0.175. The lowest BCUT2D eigenvalue weighted by Gasteiger charge is -2.32. The molecule has 2 aliphatic carbocycles. The Hall–Kier alpha value is -7.55. The maximum Gasteiger partial charge on any atom is 0.0788 e. The summed E-state index contributed by atoms with van der Waals surface area (Å²) in [7, 11) is 0. The average Bonchev–Trinajstić information content (AvgIpc) is 3.76. The molecule has 2 heteroatoms. The molecule has 0 bridgehead atoms. The monoisotopic (exact) mass is 736 g/mol. The van der Waals surface area contributed by atoms with Crippen LogP contribution in [0.1, 0.15) is 22.3 Å². The molecule has 0 saturated carbocycles. The molecule has 2 aliphatic rings. The van der Waals surface area contributed by atoms with Gasteiger partial charge in [0.1, 0.15) is 0 Å². The second kappa shape index (κ2) is 12.7. The van der Waals surface area contributed by atoms with Gasteiger partial charge in [-0.3, -0.25) is 0 Å². The molecule has 0 saturated heterocycles. The molecule has 1 aromatic heterocycles. The van der Waals surface area contributed by atoms with Crippen LogP contribution in [0.5, 0.6) is 0 Å². The molecule has 0 amide bonds. The molecule has 12 rings (SSSR count). The van der Waals surface area contributed by atoms with Gasteiger partial charge >= 0.3 is 0 Å². The number of hydrogen-bond acceptors (Lipinski definition) is 2. The van der Waals surface area contributed by atoms with Gasteiger partial charge in [0, 0.05) is 33.6 Å². The highest BCUT2D eigenvalue weighted by atomic mass is 15.1. The second-order valence-corrected chi connectivity index (χ2v) is 15.5. The zero-order valence-electron chi connectivity index (χ0n) is 31.7. The van der Waals surface area contributed by atoms with E-state index in [-0.39, 0.29) is 0 Å². The molecule has 270 valence electrons. The minimum Gasteiger partial charge on any atom is -0.310 e. The van der Waals surface area contributed by atoms with Gasteiger partial charge in [0.25, 0.3) is 0 Å². The van der Waals surface area contributed by atoms with Gasteiger partial charge < -0.3 is 4.90 Å². The zero-order valence-corrected chi connectivity index (χ0v) is 31.7. The van der Waals surface area contributed by atoms with E-state index in [4.69, 9.17) is 4.98 Å². The fourth-order valence-corrected chi connectivity index (χ4v) is 9.93. The van der Waals surface area contributed by atoms with Crippen LogP contribution < -0.4 is 4.90 Å². The fraction of sp³-hybridized carbons (Fsp3) is 0.0179. The molecule has 1 spiro atoms. The van der Waals surface area contributed by atoms with Crippen LogP contribution in [0.2, 0.25) is 0 Å². The van der Waals surface area contributed by atoms with Crippen LogP contribution in [0.4, 0.5) is 17.1 Å². The maximum absolute atomic E-state index is 5.27. The molecule has 1 heterocycles. The number of anilines is 3. The number of nitrogens with zero attached hydrogens (tertiary/aromatic N) is 2. The van der Waals surface area contributed by atoms with Gasteiger partial charge in [-0.2, -0.15) is 0 Å². The highest BCUT2D eigenvalue weighted by Gasteiger charge is 2.51. The van der Waals surface area contributed by atoms with E-state index in [1.165, 1.54) is 55.3 Å². The van der Waals surface area contributed by atoms with E-state index >= 15 is 0 Å². The van der Waals surface area contributed by atoms with E-state index in [0.29, 0.717) is 0 Å². The Morgan fingerprint density at radius 2 is 0.828 bits per heavy atom. The second-order valence-electron chi connectivity index (χ2n) is 15.5. The van der Waals surface area contributed by atoms with Crippen molar-refractivity contribution >= 4 is 38.7 Å². The van der Waals surface area contributed by atoms with Crippen LogP contribution in [0, 0.1) is 0 Å². The fourth-order valence-electron chi connectivity index (χ4n) is 9.93. The summed E-state index contributed by atoms with van der Waals surface area (Å²) in [5.74, 6) is 0. The molecule has 0 aliphatic heterocycles. The first-order valence-electron chi connectivity index (χ1n) is 20.0. The van der Waals surface area contributed by atoms with Gasteiger partial charge in [0.05, 0.1) is 16.6 Å². The van der Waals surface area contributed by atoms with Crippen molar-refractivity contribution in [2.24, 2.45) is 0 Å². The minimum absolute atomic E-state index is 0.427. The van der Waals surface area contributed by atoms with Crippen LogP contribution in [0.15, 0.2) is 218 Å². The number of pyridine rings is 1. The summed E-state index contributed by atoms with van der Waals surface area (Å²) in [6, 6.07) is 79.9. The van der Waals surface area contributed by atoms with Crippen molar-refractivity contribution in [3.8, 4) is 44.6 Å². The third-order valence-corrected chi connectivity index (χ3v) is 12.4. The van der Waals surface area contributed by atoms with Crippen LogP contribution in [-0.4, -0.2) is 4.98 Å². The van der Waals surface area contributed by atoms with Gasteiger partial charge in [-0.25, -0.2) is 4.98 Å². The first-order chi connectivity index (χ1) is 28.8. The average molecular weight is 737 g/mol. The Kier molecular flexibility index (Phi) is 7.18. The predicted octanol–water partition coefficient (Wildman–Crippen LogP) is 14.5. The van der Waals surface area contributed by atoms with E-state index in [9.17, 15) is 0 Å². The van der Waals surface area contributed by atoms with Crippen LogP contribution >= 0.6 is 0 Å². The van der Waals surface area contributed by atoms with Crippen LogP contribution in [-0.2, 0) is 5.41 Å². The Balaban J connectivity index is 1.07. The smallest absolute Gasteiger partial charge is 0.0788 e. The number of fused-ring (bicyclic) bond motifs is 12. The standard InChI is InChI=1S/C56H36N2/c1-2-15-38(16-3-1)49-35-41-18-6-13-25-54(41)57-55(49)39-27-29-42(30-28-39)58(43-31-26-37-14-4-5-17-40(37)34-43)44-32-33-48-47-21-9-12-24-52(47)56(53(48)36-44)50-22-10-7-19-45(50)46-20-8-11-23-51(46)56/h1-36H. The van der Waals surface area contributed by atoms with E-state index in [2.05, 4.69) is 223 Å². The van der Waals surface area contributed by atoms with Crippen molar-refractivity contribution in [3.05, 3.63) is 241 Å². The Bertz CT molecular complexity index is 3170. The summed E-state index contributed by atoms with van der Waals surface area (Å²) < 4.78 is 0. The predicted molar refractivity (Wildman–Crippen MR) is 241 cm³/mol. The first kappa shape index (κ1) is 32.7. The third-order valence-electron chi connectivity index (χ3n) is 12.4. The summed E-state index contributed by atoms with van der Waals surface area (Å²) in [6.45, 7) is 0. The molecule has 0 unspecified atom stereocenters. The third kappa shape index (κ3) is 4.76. The van der Waals surface area contributed by atoms with Crippen molar-refractivity contribution in [1.82, 2.24) is 4.98 Å². The van der Waals surface area contributed by atoms with Crippen molar-refractivity contribution in [3.63, 3.8) is 0 Å². The number of benzene rings is 9. The molecule has 0 fully saturated rings. The summed E-state index contributed by atoms with van der Waals surface area (Å²) >= 11 is 0. The van der Waals surface area contributed by atoms with E-state index in [1.807, 2.05) is 0 Å². The van der Waals surface area contributed by atoms with Crippen molar-refractivity contribution in [2.45, 2.75) is 5.41 Å². The highest BCUT2D eigenvalue weighted by molar-refractivity contribution is 5.97. The zero-order chi connectivity index (χ0) is 38.2. The molecule has 9 aromatic carbocycles. The van der Waals surface area contributed by atoms with Gasteiger partial charge in [0.15, 0.2) is 0 Å². The summed E-state index contributed by atoms with van der Waals surface area (Å²) in [4.78, 5) is 7.69. The first-order valence-corrected chi connectivity index (χ1v) is 20.0. The van der Waals surface area contributed by atoms with Crippen molar-refractivity contribution < 1.29 is 0 Å². The number of para-hydroxylation sites is 1. The Morgan fingerprint density at radius 3 is 1.52 bits per heavy atom. The normalized spacial score (nSPS) is 13.0. The lowest BCUT2D eigenvalue weighted by Crippen LogP contribution is -2.26. The minimum atomic E-state index is -0.427.